The molecule has 1 fully saturated rings. The number of aryl methyl sites for hydroxylation is 1. The van der Waals surface area contributed by atoms with E-state index in [1.54, 1.807) is 24.3 Å². The number of amides is 4. The molecule has 124 valence electrons. The van der Waals surface area contributed by atoms with Gasteiger partial charge in [0.05, 0.1) is 6.54 Å². The molecule has 1 aliphatic heterocycles. The number of hydrogen-bond donors (Lipinski definition) is 0. The lowest BCUT2D eigenvalue weighted by molar-refractivity contribution is -0.143. The minimum atomic E-state index is -0.883. The molecule has 8 heteroatoms. The summed E-state index contributed by atoms with van der Waals surface area (Å²) in [6.45, 7) is 1.82. The Morgan fingerprint density at radius 1 is 1.00 bits per heavy atom. The van der Waals surface area contributed by atoms with E-state index in [2.05, 4.69) is 10.1 Å². The highest BCUT2D eigenvalue weighted by atomic mass is 16.5. The van der Waals surface area contributed by atoms with Crippen LogP contribution in [0.2, 0.25) is 0 Å². The van der Waals surface area contributed by atoms with Gasteiger partial charge in [-0.05, 0) is 12.0 Å². The summed E-state index contributed by atoms with van der Waals surface area (Å²) in [5, 5.41) is 3.77. The van der Waals surface area contributed by atoms with E-state index >= 15 is 0 Å². The summed E-state index contributed by atoms with van der Waals surface area (Å²) in [6, 6.07) is 8.31. The Labute approximate surface area is 138 Å². The van der Waals surface area contributed by atoms with Gasteiger partial charge in [0.1, 0.15) is 6.54 Å². The molecule has 1 aromatic carbocycles. The molecule has 2 aromatic rings. The van der Waals surface area contributed by atoms with Crippen molar-refractivity contribution in [3.63, 3.8) is 0 Å². The number of rotatable bonds is 6. The van der Waals surface area contributed by atoms with Gasteiger partial charge >= 0.3 is 17.8 Å². The van der Waals surface area contributed by atoms with Gasteiger partial charge in [-0.1, -0.05) is 42.4 Å². The highest BCUT2D eigenvalue weighted by Gasteiger charge is 2.45. The predicted octanol–water partition coefficient (Wildman–Crippen LogP) is 1.51. The number of benzene rings is 1. The average Bonchev–Trinajstić information content (AvgIpc) is 3.11. The van der Waals surface area contributed by atoms with E-state index in [9.17, 15) is 14.4 Å². The molecular formula is C16H16N4O4. The largest absolute Gasteiger partial charge is 0.337 e. The third-order valence-electron chi connectivity index (χ3n) is 3.60. The fraction of sp³-hybridized carbons (Fsp3) is 0.312. The van der Waals surface area contributed by atoms with Crippen LogP contribution in [0.15, 0.2) is 34.9 Å². The average molecular weight is 328 g/mol. The van der Waals surface area contributed by atoms with Crippen LogP contribution < -0.4 is 0 Å². The lowest BCUT2D eigenvalue weighted by Gasteiger charge is -2.14. The zero-order chi connectivity index (χ0) is 17.1. The van der Waals surface area contributed by atoms with Crippen molar-refractivity contribution in [2.45, 2.75) is 32.9 Å². The number of hydrogen-bond acceptors (Lipinski definition) is 6. The van der Waals surface area contributed by atoms with Gasteiger partial charge in [-0.15, -0.1) is 0 Å². The van der Waals surface area contributed by atoms with Crippen LogP contribution in [0.1, 0.15) is 30.6 Å². The predicted molar refractivity (Wildman–Crippen MR) is 81.2 cm³/mol. The molecule has 24 heavy (non-hydrogen) atoms. The van der Waals surface area contributed by atoms with Crippen LogP contribution in [0.25, 0.3) is 0 Å². The van der Waals surface area contributed by atoms with Crippen LogP contribution in [0.4, 0.5) is 4.79 Å². The lowest BCUT2D eigenvalue weighted by Crippen LogP contribution is -2.32. The number of carbonyl (C=O) groups excluding carboxylic acids is 3. The van der Waals surface area contributed by atoms with Gasteiger partial charge in [0.25, 0.3) is 0 Å². The minimum Gasteiger partial charge on any atom is -0.337 e. The van der Waals surface area contributed by atoms with E-state index in [4.69, 9.17) is 4.52 Å². The van der Waals surface area contributed by atoms with Crippen LogP contribution in [-0.2, 0) is 29.1 Å². The quantitative estimate of drug-likeness (QED) is 0.589. The molecule has 0 spiro atoms. The van der Waals surface area contributed by atoms with Crippen LogP contribution in [0.5, 0.6) is 0 Å². The molecule has 0 unspecified atom stereocenters. The van der Waals surface area contributed by atoms with Crippen LogP contribution in [0, 0.1) is 0 Å². The maximum atomic E-state index is 12.4. The number of imide groups is 2. The molecule has 0 aliphatic carbocycles. The Balaban J connectivity index is 1.73. The molecule has 0 N–H and O–H groups in total. The number of aromatic nitrogens is 2. The summed E-state index contributed by atoms with van der Waals surface area (Å²) in [5.41, 5.74) is 0.761. The first-order valence-corrected chi connectivity index (χ1v) is 7.63. The van der Waals surface area contributed by atoms with Crippen molar-refractivity contribution >= 4 is 17.8 Å². The SMILES string of the molecule is CCCc1noc(CN2C(=O)C(=O)N(Cc3ccccc3)C2=O)n1. The number of carbonyl (C=O) groups is 3. The first kappa shape index (κ1) is 15.9. The smallest absolute Gasteiger partial charge is 0.335 e. The zero-order valence-corrected chi connectivity index (χ0v) is 13.1. The molecular weight excluding hydrogens is 312 g/mol. The Kier molecular flexibility index (Phi) is 4.37. The fourth-order valence-corrected chi connectivity index (χ4v) is 2.41. The molecule has 0 bridgehead atoms. The van der Waals surface area contributed by atoms with E-state index in [1.807, 2.05) is 13.0 Å². The van der Waals surface area contributed by atoms with Crippen molar-refractivity contribution in [1.82, 2.24) is 19.9 Å². The van der Waals surface area contributed by atoms with Crippen LogP contribution >= 0.6 is 0 Å². The molecule has 0 atom stereocenters. The van der Waals surface area contributed by atoms with Gasteiger partial charge in [0.2, 0.25) is 5.89 Å². The molecule has 1 saturated heterocycles. The van der Waals surface area contributed by atoms with Gasteiger partial charge in [-0.3, -0.25) is 14.5 Å². The summed E-state index contributed by atoms with van der Waals surface area (Å²) in [4.78, 5) is 42.4. The second-order valence-electron chi connectivity index (χ2n) is 5.41. The molecule has 2 heterocycles. The number of urea groups is 1. The lowest BCUT2D eigenvalue weighted by atomic mass is 10.2. The van der Waals surface area contributed by atoms with E-state index in [0.29, 0.717) is 12.2 Å². The van der Waals surface area contributed by atoms with Gasteiger partial charge in [0, 0.05) is 6.42 Å². The van der Waals surface area contributed by atoms with Crippen molar-refractivity contribution in [3.05, 3.63) is 47.6 Å². The van der Waals surface area contributed by atoms with Gasteiger partial charge < -0.3 is 4.52 Å². The Hall–Kier alpha value is -3.03. The fourth-order valence-electron chi connectivity index (χ4n) is 2.41. The van der Waals surface area contributed by atoms with E-state index in [-0.39, 0.29) is 19.0 Å². The van der Waals surface area contributed by atoms with Crippen LogP contribution in [-0.4, -0.2) is 37.8 Å². The maximum Gasteiger partial charge on any atom is 0.335 e. The summed E-state index contributed by atoms with van der Waals surface area (Å²) in [5.74, 6) is -1.09. The molecule has 1 aromatic heterocycles. The minimum absolute atomic E-state index is 0.0473. The third-order valence-corrected chi connectivity index (χ3v) is 3.60. The Morgan fingerprint density at radius 3 is 2.33 bits per heavy atom. The van der Waals surface area contributed by atoms with E-state index in [0.717, 1.165) is 21.8 Å². The summed E-state index contributed by atoms with van der Waals surface area (Å²) in [6.07, 6.45) is 1.49. The van der Waals surface area contributed by atoms with Gasteiger partial charge in [-0.2, -0.15) is 4.98 Å². The molecule has 0 radical (unpaired) electrons. The second kappa shape index (κ2) is 6.61. The Morgan fingerprint density at radius 2 is 1.67 bits per heavy atom. The van der Waals surface area contributed by atoms with Crippen molar-refractivity contribution in [3.8, 4) is 0 Å². The van der Waals surface area contributed by atoms with Crippen molar-refractivity contribution in [2.75, 3.05) is 0 Å². The molecule has 8 nitrogen and oxygen atoms in total. The first-order valence-electron chi connectivity index (χ1n) is 7.63. The highest BCUT2D eigenvalue weighted by molar-refractivity contribution is 6.44. The Bertz CT molecular complexity index is 771. The highest BCUT2D eigenvalue weighted by Crippen LogP contribution is 2.18. The van der Waals surface area contributed by atoms with Crippen molar-refractivity contribution in [1.29, 1.82) is 0 Å². The standard InChI is InChI=1S/C16H16N4O4/c1-2-6-12-17-13(24-18-12)10-20-15(22)14(21)19(16(20)23)9-11-7-4-3-5-8-11/h3-5,7-8H,2,6,9-10H2,1H3. The second-order valence-corrected chi connectivity index (χ2v) is 5.41. The summed E-state index contributed by atoms with van der Waals surface area (Å²) in [7, 11) is 0. The summed E-state index contributed by atoms with van der Waals surface area (Å²) < 4.78 is 5.03. The molecule has 4 amide bonds. The zero-order valence-electron chi connectivity index (χ0n) is 13.1. The molecule has 0 saturated carbocycles. The monoisotopic (exact) mass is 328 g/mol. The third kappa shape index (κ3) is 3.03. The van der Waals surface area contributed by atoms with E-state index < -0.39 is 17.8 Å². The van der Waals surface area contributed by atoms with Gasteiger partial charge in [0.15, 0.2) is 5.82 Å². The number of nitrogens with zero attached hydrogens (tertiary/aromatic N) is 4. The van der Waals surface area contributed by atoms with Crippen molar-refractivity contribution in [2.24, 2.45) is 0 Å². The normalized spacial score (nSPS) is 14.8. The topological polar surface area (TPSA) is 96.6 Å². The molecule has 1 aliphatic rings. The van der Waals surface area contributed by atoms with E-state index in [1.165, 1.54) is 0 Å². The maximum absolute atomic E-state index is 12.4. The molecule has 3 rings (SSSR count). The van der Waals surface area contributed by atoms with Crippen molar-refractivity contribution < 1.29 is 18.9 Å². The van der Waals surface area contributed by atoms with Gasteiger partial charge in [-0.25, -0.2) is 9.69 Å². The summed E-state index contributed by atoms with van der Waals surface area (Å²) >= 11 is 0. The first-order chi connectivity index (χ1) is 11.6. The van der Waals surface area contributed by atoms with Crippen LogP contribution in [0.3, 0.4) is 0 Å².